The van der Waals surface area contributed by atoms with Crippen molar-refractivity contribution in [2.24, 2.45) is 5.73 Å². The van der Waals surface area contributed by atoms with Crippen LogP contribution in [0.3, 0.4) is 0 Å². The van der Waals surface area contributed by atoms with Gasteiger partial charge in [0, 0.05) is 37.5 Å². The molecule has 0 radical (unpaired) electrons. The summed E-state index contributed by atoms with van der Waals surface area (Å²) in [4.78, 5) is 14.1. The topological polar surface area (TPSA) is 64.8 Å². The molecule has 1 amide bonds. The van der Waals surface area contributed by atoms with Crippen molar-refractivity contribution in [3.8, 4) is 11.5 Å². The van der Waals surface area contributed by atoms with E-state index in [9.17, 15) is 18.0 Å². The zero-order valence-electron chi connectivity index (χ0n) is 15.4. The minimum Gasteiger partial charge on any atom is -0.454 e. The lowest BCUT2D eigenvalue weighted by Gasteiger charge is -2.36. The fraction of sp³-hybridized carbons (Fsp3) is 0.350. The summed E-state index contributed by atoms with van der Waals surface area (Å²) in [7, 11) is 0. The molecular weight excluding hydrogens is 409 g/mol. The number of likely N-dealkylation sites (tertiary alicyclic amines) is 1. The summed E-state index contributed by atoms with van der Waals surface area (Å²) in [6.45, 7) is 0.853. The van der Waals surface area contributed by atoms with E-state index in [1.165, 1.54) is 0 Å². The second kappa shape index (κ2) is 8.51. The number of hydrogen-bond donors (Lipinski definition) is 1. The Bertz CT molecular complexity index is 928. The molecule has 0 aliphatic carbocycles. The third-order valence-corrected chi connectivity index (χ3v) is 5.24. The Kier molecular flexibility index (Phi) is 6.24. The smallest absolute Gasteiger partial charge is 0.231 e. The highest BCUT2D eigenvalue weighted by molar-refractivity contribution is 5.85. The Hall–Kier alpha value is -2.45. The van der Waals surface area contributed by atoms with Crippen molar-refractivity contribution in [2.75, 3.05) is 19.9 Å². The molecule has 2 heterocycles. The van der Waals surface area contributed by atoms with Crippen LogP contribution < -0.4 is 15.2 Å². The molecule has 2 atom stereocenters. The quantitative estimate of drug-likeness (QED) is 0.760. The Morgan fingerprint density at radius 2 is 1.76 bits per heavy atom. The van der Waals surface area contributed by atoms with Crippen LogP contribution in [0.15, 0.2) is 30.3 Å². The van der Waals surface area contributed by atoms with Crippen LogP contribution in [-0.4, -0.2) is 36.7 Å². The maximum Gasteiger partial charge on any atom is 0.231 e. The number of halogens is 4. The highest BCUT2D eigenvalue weighted by Gasteiger charge is 2.34. The zero-order valence-corrected chi connectivity index (χ0v) is 16.2. The Labute approximate surface area is 172 Å². The Balaban J connectivity index is 0.00000240. The molecule has 2 N–H and O–H groups in total. The van der Waals surface area contributed by atoms with Crippen molar-refractivity contribution in [3.05, 3.63) is 58.9 Å². The molecule has 2 aromatic rings. The number of rotatable bonds is 4. The number of nitrogens with two attached hydrogens (primary N) is 1. The van der Waals surface area contributed by atoms with Gasteiger partial charge in [-0.05, 0) is 35.7 Å². The second-order valence-electron chi connectivity index (χ2n) is 7.04. The zero-order chi connectivity index (χ0) is 19.8. The van der Waals surface area contributed by atoms with E-state index in [0.717, 1.165) is 11.6 Å². The van der Waals surface area contributed by atoms with Gasteiger partial charge in [0.15, 0.2) is 23.1 Å². The minimum atomic E-state index is -1.26. The van der Waals surface area contributed by atoms with Crippen LogP contribution in [-0.2, 0) is 11.2 Å². The first-order chi connectivity index (χ1) is 13.4. The van der Waals surface area contributed by atoms with Gasteiger partial charge in [-0.2, -0.15) is 0 Å². The number of piperidine rings is 1. The number of benzene rings is 2. The molecule has 156 valence electrons. The second-order valence-corrected chi connectivity index (χ2v) is 7.04. The number of amides is 1. The van der Waals surface area contributed by atoms with Gasteiger partial charge in [0.1, 0.15) is 5.82 Å². The number of carbonyl (C=O) groups is 1. The summed E-state index contributed by atoms with van der Waals surface area (Å²) in [5, 5.41) is 0. The van der Waals surface area contributed by atoms with E-state index in [-0.39, 0.29) is 43.6 Å². The van der Waals surface area contributed by atoms with Crippen LogP contribution >= 0.6 is 12.4 Å². The van der Waals surface area contributed by atoms with Crippen LogP contribution in [0.2, 0.25) is 0 Å². The molecule has 1 fully saturated rings. The molecule has 9 heteroatoms. The molecule has 0 aromatic heterocycles. The summed E-state index contributed by atoms with van der Waals surface area (Å²) in [5.74, 6) is -2.82. The molecule has 2 aromatic carbocycles. The minimum absolute atomic E-state index is 0. The molecule has 2 aliphatic rings. The molecule has 2 aliphatic heterocycles. The third-order valence-electron chi connectivity index (χ3n) is 5.24. The van der Waals surface area contributed by atoms with E-state index in [4.69, 9.17) is 15.2 Å². The monoisotopic (exact) mass is 428 g/mol. The van der Waals surface area contributed by atoms with E-state index in [0.29, 0.717) is 30.5 Å². The van der Waals surface area contributed by atoms with Gasteiger partial charge in [0.05, 0.1) is 0 Å². The van der Waals surface area contributed by atoms with E-state index in [1.54, 1.807) is 4.90 Å². The Morgan fingerprint density at radius 3 is 2.55 bits per heavy atom. The maximum absolute atomic E-state index is 14.1. The van der Waals surface area contributed by atoms with Gasteiger partial charge < -0.3 is 20.1 Å². The lowest BCUT2D eigenvalue weighted by atomic mass is 9.85. The van der Waals surface area contributed by atoms with Crippen LogP contribution in [0.5, 0.6) is 11.5 Å². The van der Waals surface area contributed by atoms with Crippen molar-refractivity contribution in [1.29, 1.82) is 0 Å². The largest absolute Gasteiger partial charge is 0.454 e. The van der Waals surface area contributed by atoms with Crippen LogP contribution in [0.25, 0.3) is 0 Å². The van der Waals surface area contributed by atoms with E-state index in [1.807, 2.05) is 18.2 Å². The molecular formula is C20H20ClF3N2O3. The highest BCUT2D eigenvalue weighted by atomic mass is 35.5. The van der Waals surface area contributed by atoms with Gasteiger partial charge in [-0.1, -0.05) is 6.07 Å². The predicted octanol–water partition coefficient (Wildman–Crippen LogP) is 3.14. The van der Waals surface area contributed by atoms with Crippen molar-refractivity contribution in [1.82, 2.24) is 4.90 Å². The molecule has 0 spiro atoms. The van der Waals surface area contributed by atoms with E-state index < -0.39 is 29.4 Å². The first kappa shape index (κ1) is 21.3. The standard InChI is InChI=1S/C20H19F3N2O3.ClH/c21-14-8-16(23)15(22)6-12(14)13-7-20(26)25(9-17(13)24)4-3-11-1-2-18-19(5-11)28-10-27-18;/h1-2,5-6,8,13,17H,3-4,7,9-10,24H2;1H/t13-,17+;/m1./s1. The number of carbonyl (C=O) groups excluding carboxylic acids is 1. The van der Waals surface area contributed by atoms with Crippen molar-refractivity contribution >= 4 is 18.3 Å². The molecule has 5 nitrogen and oxygen atoms in total. The van der Waals surface area contributed by atoms with Crippen LogP contribution in [0.1, 0.15) is 23.5 Å². The van der Waals surface area contributed by atoms with Gasteiger partial charge in [-0.3, -0.25) is 4.79 Å². The van der Waals surface area contributed by atoms with Crippen molar-refractivity contribution in [2.45, 2.75) is 24.8 Å². The fourth-order valence-electron chi connectivity index (χ4n) is 3.69. The molecule has 4 rings (SSSR count). The molecule has 0 unspecified atom stereocenters. The first-order valence-corrected chi connectivity index (χ1v) is 8.98. The van der Waals surface area contributed by atoms with Gasteiger partial charge in [-0.25, -0.2) is 13.2 Å². The normalized spacial score (nSPS) is 20.6. The van der Waals surface area contributed by atoms with E-state index >= 15 is 0 Å². The summed E-state index contributed by atoms with van der Waals surface area (Å²) >= 11 is 0. The summed E-state index contributed by atoms with van der Waals surface area (Å²) in [6.07, 6.45) is 0.545. The Morgan fingerprint density at radius 1 is 1.03 bits per heavy atom. The molecule has 0 saturated carbocycles. The number of hydrogen-bond acceptors (Lipinski definition) is 4. The maximum atomic E-state index is 14.1. The molecule has 29 heavy (non-hydrogen) atoms. The number of ether oxygens (including phenoxy) is 2. The average molecular weight is 429 g/mol. The fourth-order valence-corrected chi connectivity index (χ4v) is 3.69. The average Bonchev–Trinajstić information content (AvgIpc) is 3.13. The van der Waals surface area contributed by atoms with Crippen LogP contribution in [0.4, 0.5) is 13.2 Å². The van der Waals surface area contributed by atoms with Crippen LogP contribution in [0, 0.1) is 17.5 Å². The van der Waals surface area contributed by atoms with Gasteiger partial charge in [0.2, 0.25) is 12.7 Å². The predicted molar refractivity (Wildman–Crippen MR) is 102 cm³/mol. The molecule has 0 bridgehead atoms. The summed E-state index contributed by atoms with van der Waals surface area (Å²) in [6, 6.07) is 6.31. The van der Waals surface area contributed by atoms with Gasteiger partial charge in [-0.15, -0.1) is 12.4 Å². The highest BCUT2D eigenvalue weighted by Crippen LogP contribution is 2.33. The number of nitrogens with zero attached hydrogens (tertiary/aromatic N) is 1. The SMILES string of the molecule is Cl.N[C@H]1CN(CCc2ccc3c(c2)OCO3)C(=O)C[C@@H]1c1cc(F)c(F)cc1F. The lowest BCUT2D eigenvalue weighted by molar-refractivity contribution is -0.134. The number of fused-ring (bicyclic) bond motifs is 1. The first-order valence-electron chi connectivity index (χ1n) is 8.98. The van der Waals surface area contributed by atoms with Gasteiger partial charge in [0.25, 0.3) is 0 Å². The van der Waals surface area contributed by atoms with E-state index in [2.05, 4.69) is 0 Å². The third kappa shape index (κ3) is 4.28. The molecule has 1 saturated heterocycles. The van der Waals surface area contributed by atoms with Crippen molar-refractivity contribution in [3.63, 3.8) is 0 Å². The van der Waals surface area contributed by atoms with Crippen molar-refractivity contribution < 1.29 is 27.4 Å². The van der Waals surface area contributed by atoms with Gasteiger partial charge >= 0.3 is 0 Å². The summed E-state index contributed by atoms with van der Waals surface area (Å²) in [5.41, 5.74) is 7.08. The lowest BCUT2D eigenvalue weighted by Crippen LogP contribution is -2.51. The summed E-state index contributed by atoms with van der Waals surface area (Å²) < 4.78 is 51.4.